The van der Waals surface area contributed by atoms with Crippen molar-refractivity contribution in [3.8, 4) is 0 Å². The Hall–Kier alpha value is -0.530. The van der Waals surface area contributed by atoms with Gasteiger partial charge in [0.05, 0.1) is 12.7 Å². The highest BCUT2D eigenvalue weighted by Crippen LogP contribution is 2.52. The van der Waals surface area contributed by atoms with Crippen LogP contribution >= 0.6 is 23.4 Å². The number of ether oxygens (including phenoxy) is 1. The number of carbonyl (C=O) groups is 1. The van der Waals surface area contributed by atoms with Gasteiger partial charge in [-0.15, -0.1) is 0 Å². The Morgan fingerprint density at radius 3 is 2.90 bits per heavy atom. The van der Waals surface area contributed by atoms with Crippen LogP contribution in [0.25, 0.3) is 0 Å². The highest BCUT2D eigenvalue weighted by atomic mass is 35.5. The van der Waals surface area contributed by atoms with Crippen LogP contribution in [0.15, 0.2) is 23.3 Å². The van der Waals surface area contributed by atoms with Crippen LogP contribution < -0.4 is 5.32 Å². The topological polar surface area (TPSA) is 78.8 Å². The molecule has 0 saturated carbocycles. The fourth-order valence-electron chi connectivity index (χ4n) is 5.33. The number of nitrogens with one attached hydrogen (secondary N) is 1. The van der Waals surface area contributed by atoms with Crippen molar-refractivity contribution in [2.24, 2.45) is 29.6 Å². The van der Waals surface area contributed by atoms with Crippen LogP contribution in [0.5, 0.6) is 0 Å². The maximum Gasteiger partial charge on any atom is 0.330 e. The molecule has 0 aromatic heterocycles. The number of thioether (sulfide) groups is 1. The van der Waals surface area contributed by atoms with Crippen molar-refractivity contribution in [1.82, 2.24) is 5.32 Å². The molecular weight excluding hydrogens is 422 g/mol. The number of carbonyl (C=O) groups excluding carboxylic acids is 1. The summed E-state index contributed by atoms with van der Waals surface area (Å²) in [4.78, 5) is 11.9. The molecule has 7 heteroatoms. The van der Waals surface area contributed by atoms with Gasteiger partial charge in [0.2, 0.25) is 0 Å². The second-order valence-corrected chi connectivity index (χ2v) is 11.1. The fraction of sp³-hybridized carbons (Fsp3) is 0.783. The molecule has 3 aliphatic rings. The van der Waals surface area contributed by atoms with Crippen molar-refractivity contribution in [2.75, 3.05) is 13.2 Å². The normalized spacial score (nSPS) is 40.9. The van der Waals surface area contributed by atoms with Gasteiger partial charge in [-0.25, -0.2) is 4.79 Å². The lowest BCUT2D eigenvalue weighted by Gasteiger charge is -2.42. The van der Waals surface area contributed by atoms with E-state index in [2.05, 4.69) is 25.2 Å². The number of aliphatic hydroxyl groups excluding tert-OH is 2. The van der Waals surface area contributed by atoms with Crippen molar-refractivity contribution in [1.29, 1.82) is 0 Å². The number of aliphatic hydroxyl groups is 2. The largest absolute Gasteiger partial charge is 0.463 e. The predicted octanol–water partition coefficient (Wildman–Crippen LogP) is 3.69. The monoisotopic (exact) mass is 457 g/mol. The van der Waals surface area contributed by atoms with E-state index in [1.165, 1.54) is 6.08 Å². The van der Waals surface area contributed by atoms with Crippen molar-refractivity contribution in [2.45, 2.75) is 69.3 Å². The second-order valence-electron chi connectivity index (χ2n) is 9.02. The van der Waals surface area contributed by atoms with Gasteiger partial charge in [-0.3, -0.25) is 5.32 Å². The fourth-order valence-corrected chi connectivity index (χ4v) is 7.54. The second kappa shape index (κ2) is 10.9. The first kappa shape index (κ1) is 24.1. The number of piperidine rings is 1. The molecule has 3 rings (SSSR count). The minimum atomic E-state index is -0.576. The Kier molecular flexibility index (Phi) is 8.73. The van der Waals surface area contributed by atoms with Crippen LogP contribution in [0.1, 0.15) is 46.5 Å². The van der Waals surface area contributed by atoms with Crippen molar-refractivity contribution in [3.63, 3.8) is 0 Å². The third kappa shape index (κ3) is 5.63. The van der Waals surface area contributed by atoms with E-state index in [-0.39, 0.29) is 41.0 Å². The molecule has 0 aromatic rings. The summed E-state index contributed by atoms with van der Waals surface area (Å²) in [6.45, 7) is 7.33. The van der Waals surface area contributed by atoms with Crippen LogP contribution in [0.2, 0.25) is 0 Å². The van der Waals surface area contributed by atoms with Gasteiger partial charge in [0.15, 0.2) is 0 Å². The first-order valence-electron chi connectivity index (χ1n) is 11.3. The zero-order valence-corrected chi connectivity index (χ0v) is 19.7. The van der Waals surface area contributed by atoms with E-state index in [1.54, 1.807) is 6.92 Å². The van der Waals surface area contributed by atoms with Crippen LogP contribution in [0.3, 0.4) is 0 Å². The molecule has 0 spiro atoms. The van der Waals surface area contributed by atoms with Gasteiger partial charge >= 0.3 is 5.97 Å². The van der Waals surface area contributed by atoms with E-state index >= 15 is 0 Å². The van der Waals surface area contributed by atoms with Gasteiger partial charge in [-0.2, -0.15) is 11.8 Å². The Morgan fingerprint density at radius 2 is 2.23 bits per heavy atom. The number of allylic oxidation sites excluding steroid dienone is 3. The molecule has 0 amide bonds. The van der Waals surface area contributed by atoms with Gasteiger partial charge in [-0.1, -0.05) is 37.6 Å². The Balaban J connectivity index is 1.79. The summed E-state index contributed by atoms with van der Waals surface area (Å²) in [5, 5.41) is 26.5. The minimum Gasteiger partial charge on any atom is -0.463 e. The summed E-state index contributed by atoms with van der Waals surface area (Å²) in [6, 6.07) is 0. The maximum atomic E-state index is 11.9. The summed E-state index contributed by atoms with van der Waals surface area (Å²) in [5.74, 6) is 0.783. The number of rotatable bonds is 6. The summed E-state index contributed by atoms with van der Waals surface area (Å²) in [6.07, 6.45) is 7.71. The van der Waals surface area contributed by atoms with E-state index in [4.69, 9.17) is 16.3 Å². The summed E-state index contributed by atoms with van der Waals surface area (Å²) in [7, 11) is 0. The summed E-state index contributed by atoms with van der Waals surface area (Å²) >= 11 is 8.12. The van der Waals surface area contributed by atoms with Crippen molar-refractivity contribution < 1.29 is 19.7 Å². The zero-order chi connectivity index (χ0) is 21.8. The van der Waals surface area contributed by atoms with E-state index < -0.39 is 6.23 Å². The SMILES string of the molecule is CCOC(=O)/C=C/C1CC(O)NCC1C1SC(C)C(C)C1C(O)C1CC=C(Cl)CC1. The lowest BCUT2D eigenvalue weighted by Crippen LogP contribution is -2.50. The van der Waals surface area contributed by atoms with E-state index in [9.17, 15) is 15.0 Å². The van der Waals surface area contributed by atoms with E-state index in [1.807, 2.05) is 17.8 Å². The first-order valence-corrected chi connectivity index (χ1v) is 12.6. The molecular formula is C23H36ClNO4S. The molecule has 9 atom stereocenters. The molecule has 2 fully saturated rings. The van der Waals surface area contributed by atoms with Gasteiger partial charge in [0.25, 0.3) is 0 Å². The van der Waals surface area contributed by atoms with Crippen LogP contribution in [0, 0.1) is 29.6 Å². The first-order chi connectivity index (χ1) is 14.3. The van der Waals surface area contributed by atoms with Crippen molar-refractivity contribution in [3.05, 3.63) is 23.3 Å². The summed E-state index contributed by atoms with van der Waals surface area (Å²) < 4.78 is 5.04. The number of hydrogen-bond donors (Lipinski definition) is 3. The highest BCUT2D eigenvalue weighted by Gasteiger charge is 2.50. The standard InChI is InChI=1S/C23H36ClNO4S/c1-4-29-20(27)10-7-16-11-19(26)25-12-18(16)23-21(13(2)14(3)30-23)22(28)15-5-8-17(24)9-6-15/h7-8,10,13-16,18-19,21-23,25-26,28H,4-6,9,11-12H2,1-3H3/b10-7+. The molecule has 0 bridgehead atoms. The lowest BCUT2D eigenvalue weighted by molar-refractivity contribution is -0.137. The van der Waals surface area contributed by atoms with Crippen molar-refractivity contribution >= 4 is 29.3 Å². The quantitative estimate of drug-likeness (QED) is 0.417. The molecule has 30 heavy (non-hydrogen) atoms. The van der Waals surface area contributed by atoms with Gasteiger partial charge in [-0.05, 0) is 56.3 Å². The Labute approximate surface area is 189 Å². The third-order valence-corrected chi connectivity index (χ3v) is 9.37. The maximum absolute atomic E-state index is 11.9. The van der Waals surface area contributed by atoms with Crippen LogP contribution in [-0.4, -0.2) is 52.2 Å². The number of hydrogen-bond acceptors (Lipinski definition) is 6. The van der Waals surface area contributed by atoms with E-state index in [0.717, 1.165) is 24.3 Å². The molecule has 2 aliphatic heterocycles. The molecule has 1 aliphatic carbocycles. The third-order valence-electron chi connectivity index (χ3n) is 7.19. The molecule has 2 heterocycles. The number of halogens is 1. The zero-order valence-electron chi connectivity index (χ0n) is 18.2. The van der Waals surface area contributed by atoms with Crippen LogP contribution in [-0.2, 0) is 9.53 Å². The molecule has 2 saturated heterocycles. The van der Waals surface area contributed by atoms with E-state index in [0.29, 0.717) is 30.7 Å². The van der Waals surface area contributed by atoms with Gasteiger partial charge in [0, 0.05) is 34.1 Å². The van der Waals surface area contributed by atoms with Gasteiger partial charge < -0.3 is 14.9 Å². The molecule has 3 N–H and O–H groups in total. The molecule has 9 unspecified atom stereocenters. The Morgan fingerprint density at radius 1 is 1.47 bits per heavy atom. The summed E-state index contributed by atoms with van der Waals surface area (Å²) in [5.41, 5.74) is 0. The molecule has 170 valence electrons. The van der Waals surface area contributed by atoms with Crippen LogP contribution in [0.4, 0.5) is 0 Å². The smallest absolute Gasteiger partial charge is 0.330 e. The minimum absolute atomic E-state index is 0.0658. The number of esters is 1. The van der Waals surface area contributed by atoms with Gasteiger partial charge in [0.1, 0.15) is 6.23 Å². The average molecular weight is 458 g/mol. The molecule has 0 radical (unpaired) electrons. The highest BCUT2D eigenvalue weighted by molar-refractivity contribution is 8.00. The predicted molar refractivity (Wildman–Crippen MR) is 122 cm³/mol. The molecule has 5 nitrogen and oxygen atoms in total. The average Bonchev–Trinajstić information content (AvgIpc) is 3.01. The lowest BCUT2D eigenvalue weighted by atomic mass is 9.70. The Bertz CT molecular complexity index is 657. The molecule has 0 aromatic carbocycles.